The lowest BCUT2D eigenvalue weighted by Gasteiger charge is -2.38. The lowest BCUT2D eigenvalue weighted by atomic mass is 9.99. The van der Waals surface area contributed by atoms with Crippen molar-refractivity contribution in [2.24, 2.45) is 0 Å². The van der Waals surface area contributed by atoms with Crippen molar-refractivity contribution in [2.45, 2.75) is 38.8 Å². The molecule has 4 aromatic rings. The number of carbonyl (C=O) groups is 2. The van der Waals surface area contributed by atoms with E-state index in [4.69, 9.17) is 24.2 Å². The van der Waals surface area contributed by atoms with Crippen molar-refractivity contribution in [3.05, 3.63) is 99.8 Å². The molecule has 0 N–H and O–H groups in total. The number of likely N-dealkylation sites (tertiary alicyclic amines) is 1. The number of fused-ring (bicyclic) bond motifs is 2. The van der Waals surface area contributed by atoms with E-state index in [9.17, 15) is 19.7 Å². The van der Waals surface area contributed by atoms with E-state index in [0.29, 0.717) is 51.4 Å². The number of carbonyl (C=O) groups excluding carboxylic acids is 2. The first kappa shape index (κ1) is 35.6. The summed E-state index contributed by atoms with van der Waals surface area (Å²) in [7, 11) is 2.12. The Bertz CT molecular complexity index is 2030. The van der Waals surface area contributed by atoms with Crippen molar-refractivity contribution in [1.29, 1.82) is 0 Å². The zero-order chi connectivity index (χ0) is 37.1. The molecule has 2 saturated heterocycles. The standard InChI is InChI=1S/C39H43N7O7/c1-26-7-4-8-28-9-5-11-34(35(26)28)45-18-16-32-33(23-45)40-38(51-25-30-10-6-17-42(30)3)41-36(32)43-19-21-44(22-20-43)37(47)27(2)24-52-39(48)53-31-14-12-29(13-15-31)46(49)50/h4-5,7-9,11-15,30H,2,6,10,16-25H2,1,3H3. The molecule has 1 amide bonds. The van der Waals surface area contributed by atoms with Crippen molar-refractivity contribution in [3.8, 4) is 11.8 Å². The summed E-state index contributed by atoms with van der Waals surface area (Å²) in [5, 5.41) is 13.3. The fraction of sp³-hybridized carbons (Fsp3) is 0.385. The third-order valence-electron chi connectivity index (χ3n) is 10.3. The molecule has 276 valence electrons. The van der Waals surface area contributed by atoms with Crippen LogP contribution in [0.4, 0.5) is 22.0 Å². The lowest BCUT2D eigenvalue weighted by Crippen LogP contribution is -2.50. The van der Waals surface area contributed by atoms with Crippen LogP contribution < -0.4 is 19.3 Å². The highest BCUT2D eigenvalue weighted by atomic mass is 16.7. The molecule has 7 rings (SSSR count). The molecule has 14 heteroatoms. The highest BCUT2D eigenvalue weighted by Gasteiger charge is 2.31. The van der Waals surface area contributed by atoms with Crippen LogP contribution in [0.5, 0.6) is 11.8 Å². The van der Waals surface area contributed by atoms with Gasteiger partial charge >= 0.3 is 12.2 Å². The van der Waals surface area contributed by atoms with E-state index in [-0.39, 0.29) is 29.5 Å². The topological polar surface area (TPSA) is 144 Å². The lowest BCUT2D eigenvalue weighted by molar-refractivity contribution is -0.384. The van der Waals surface area contributed by atoms with Gasteiger partial charge in [-0.05, 0) is 68.9 Å². The molecule has 53 heavy (non-hydrogen) atoms. The summed E-state index contributed by atoms with van der Waals surface area (Å²) in [4.78, 5) is 54.4. The minimum atomic E-state index is -1.04. The van der Waals surface area contributed by atoms with Crippen LogP contribution in [0.2, 0.25) is 0 Å². The first-order valence-corrected chi connectivity index (χ1v) is 17.9. The number of hydrogen-bond acceptors (Lipinski definition) is 12. The van der Waals surface area contributed by atoms with Crippen molar-refractivity contribution < 1.29 is 28.7 Å². The number of likely N-dealkylation sites (N-methyl/N-ethyl adjacent to an activating group) is 1. The summed E-state index contributed by atoms with van der Waals surface area (Å²) in [5.41, 5.74) is 4.45. The van der Waals surface area contributed by atoms with Gasteiger partial charge < -0.3 is 33.8 Å². The van der Waals surface area contributed by atoms with Crippen LogP contribution in [-0.4, -0.2) is 102 Å². The number of hydrogen-bond donors (Lipinski definition) is 0. The maximum absolute atomic E-state index is 13.3. The molecule has 3 aliphatic heterocycles. The smallest absolute Gasteiger partial charge is 0.462 e. The minimum absolute atomic E-state index is 0.0800. The maximum Gasteiger partial charge on any atom is 0.514 e. The van der Waals surface area contributed by atoms with Gasteiger partial charge in [0.25, 0.3) is 11.6 Å². The van der Waals surface area contributed by atoms with Crippen molar-refractivity contribution in [3.63, 3.8) is 0 Å². The third-order valence-corrected chi connectivity index (χ3v) is 10.3. The molecular weight excluding hydrogens is 678 g/mol. The van der Waals surface area contributed by atoms with Gasteiger partial charge in [-0.1, -0.05) is 36.9 Å². The molecular formula is C39H43N7O7. The van der Waals surface area contributed by atoms with Crippen LogP contribution in [0.15, 0.2) is 72.8 Å². The number of non-ortho nitro benzene ring substituents is 1. The summed E-state index contributed by atoms with van der Waals surface area (Å²) < 4.78 is 16.5. The summed E-state index contributed by atoms with van der Waals surface area (Å²) in [6.07, 6.45) is 1.95. The fourth-order valence-electron chi connectivity index (χ4n) is 7.36. The molecule has 1 unspecified atom stereocenters. The number of nitro benzene ring substituents is 1. The van der Waals surface area contributed by atoms with Gasteiger partial charge in [0.15, 0.2) is 0 Å². The predicted octanol–water partition coefficient (Wildman–Crippen LogP) is 5.30. The van der Waals surface area contributed by atoms with Gasteiger partial charge in [0.2, 0.25) is 0 Å². The van der Waals surface area contributed by atoms with Crippen molar-refractivity contribution >= 4 is 40.0 Å². The van der Waals surface area contributed by atoms with Gasteiger partial charge in [-0.2, -0.15) is 9.97 Å². The zero-order valence-corrected chi connectivity index (χ0v) is 30.0. The molecule has 2 fully saturated rings. The Hall–Kier alpha value is -5.76. The van der Waals surface area contributed by atoms with Crippen LogP contribution in [0.1, 0.15) is 29.7 Å². The number of ether oxygens (including phenoxy) is 3. The Labute approximate surface area is 307 Å². The van der Waals surface area contributed by atoms with Gasteiger partial charge in [-0.3, -0.25) is 14.9 Å². The van der Waals surface area contributed by atoms with Crippen LogP contribution in [0.25, 0.3) is 10.8 Å². The number of aryl methyl sites for hydroxylation is 1. The Morgan fingerprint density at radius 1 is 0.962 bits per heavy atom. The van der Waals surface area contributed by atoms with Crippen LogP contribution in [0, 0.1) is 17.0 Å². The number of benzene rings is 3. The second-order valence-electron chi connectivity index (χ2n) is 13.7. The molecule has 0 aliphatic carbocycles. The van der Waals surface area contributed by atoms with Gasteiger partial charge in [0.05, 0.1) is 17.2 Å². The molecule has 3 aliphatic rings. The first-order valence-electron chi connectivity index (χ1n) is 17.9. The Morgan fingerprint density at radius 3 is 2.43 bits per heavy atom. The molecule has 1 atom stereocenters. The number of piperazine rings is 1. The van der Waals surface area contributed by atoms with E-state index in [0.717, 1.165) is 49.4 Å². The zero-order valence-electron chi connectivity index (χ0n) is 30.0. The fourth-order valence-corrected chi connectivity index (χ4v) is 7.36. The summed E-state index contributed by atoms with van der Waals surface area (Å²) in [5.74, 6) is 0.612. The average molecular weight is 722 g/mol. The summed E-state index contributed by atoms with van der Waals surface area (Å²) >= 11 is 0. The summed E-state index contributed by atoms with van der Waals surface area (Å²) in [6, 6.07) is 18.6. The molecule has 0 bridgehead atoms. The number of rotatable bonds is 10. The third kappa shape index (κ3) is 7.87. The maximum atomic E-state index is 13.3. The van der Waals surface area contributed by atoms with Gasteiger partial charge in [-0.25, -0.2) is 4.79 Å². The Kier molecular flexibility index (Phi) is 10.4. The SMILES string of the molecule is C=C(COC(=O)Oc1ccc([N+](=O)[O-])cc1)C(=O)N1CCN(c2nc(OCC3CCCN3C)nc3c2CCN(c2cccc4cccc(C)c24)C3)CC1. The van der Waals surface area contributed by atoms with Crippen molar-refractivity contribution in [2.75, 3.05) is 69.3 Å². The minimum Gasteiger partial charge on any atom is -0.462 e. The summed E-state index contributed by atoms with van der Waals surface area (Å²) in [6.45, 7) is 10.6. The average Bonchev–Trinajstić information content (AvgIpc) is 3.59. The van der Waals surface area contributed by atoms with E-state index in [1.807, 2.05) is 0 Å². The van der Waals surface area contributed by atoms with E-state index in [1.54, 1.807) is 4.90 Å². The largest absolute Gasteiger partial charge is 0.514 e. The number of aromatic nitrogens is 2. The van der Waals surface area contributed by atoms with Crippen LogP contribution in [-0.2, 0) is 22.5 Å². The van der Waals surface area contributed by atoms with Gasteiger partial charge in [-0.15, -0.1) is 0 Å². The molecule has 0 spiro atoms. The van der Waals surface area contributed by atoms with Gasteiger partial charge in [0, 0.05) is 73.1 Å². The quantitative estimate of drug-likeness (QED) is 0.0689. The Balaban J connectivity index is 1.02. The molecule has 3 aromatic carbocycles. The second-order valence-corrected chi connectivity index (χ2v) is 13.7. The molecule has 1 aromatic heterocycles. The number of amides is 1. The predicted molar refractivity (Wildman–Crippen MR) is 200 cm³/mol. The molecule has 4 heterocycles. The monoisotopic (exact) mass is 721 g/mol. The van der Waals surface area contributed by atoms with Crippen LogP contribution >= 0.6 is 0 Å². The van der Waals surface area contributed by atoms with E-state index >= 15 is 0 Å². The highest BCUT2D eigenvalue weighted by molar-refractivity contribution is 5.97. The second kappa shape index (κ2) is 15.5. The van der Waals surface area contributed by atoms with E-state index < -0.39 is 11.1 Å². The molecule has 0 radical (unpaired) electrons. The highest BCUT2D eigenvalue weighted by Crippen LogP contribution is 2.35. The first-order chi connectivity index (χ1) is 25.6. The number of nitro groups is 1. The van der Waals surface area contributed by atoms with Crippen molar-refractivity contribution in [1.82, 2.24) is 19.8 Å². The molecule has 14 nitrogen and oxygen atoms in total. The number of anilines is 2. The van der Waals surface area contributed by atoms with Gasteiger partial charge in [0.1, 0.15) is 24.8 Å². The van der Waals surface area contributed by atoms with E-state index in [1.165, 1.54) is 46.3 Å². The van der Waals surface area contributed by atoms with E-state index in [2.05, 4.69) is 71.6 Å². The normalized spacial score (nSPS) is 17.4. The Morgan fingerprint density at radius 2 is 1.72 bits per heavy atom. The van der Waals surface area contributed by atoms with Crippen LogP contribution in [0.3, 0.4) is 0 Å². The number of nitrogens with zero attached hydrogens (tertiary/aromatic N) is 7. The molecule has 0 saturated carbocycles.